The highest BCUT2D eigenvalue weighted by molar-refractivity contribution is 5.97. The van der Waals surface area contributed by atoms with Gasteiger partial charge in [-0.3, -0.25) is 4.79 Å². The minimum Gasteiger partial charge on any atom is -0.362 e. The molecule has 0 bridgehead atoms. The van der Waals surface area contributed by atoms with Crippen molar-refractivity contribution in [2.24, 2.45) is 0 Å². The highest BCUT2D eigenvalue weighted by Gasteiger charge is 2.21. The third kappa shape index (κ3) is 1.33. The van der Waals surface area contributed by atoms with Gasteiger partial charge in [0.2, 0.25) is 0 Å². The fourth-order valence-corrected chi connectivity index (χ4v) is 2.27. The van der Waals surface area contributed by atoms with Crippen LogP contribution in [0.15, 0.2) is 0 Å². The Labute approximate surface area is 83.9 Å². The molecule has 1 aliphatic carbocycles. The van der Waals surface area contributed by atoms with E-state index >= 15 is 0 Å². The molecule has 76 valence electrons. The Kier molecular flexibility index (Phi) is 2.32. The Bertz CT molecular complexity index is 366. The van der Waals surface area contributed by atoms with Gasteiger partial charge in [0.1, 0.15) is 0 Å². The molecule has 14 heavy (non-hydrogen) atoms. The van der Waals surface area contributed by atoms with Gasteiger partial charge in [0.25, 0.3) is 5.91 Å². The third-order valence-corrected chi connectivity index (χ3v) is 2.94. The zero-order valence-corrected chi connectivity index (χ0v) is 8.74. The maximum atomic E-state index is 11.6. The third-order valence-electron chi connectivity index (χ3n) is 2.94. The molecule has 2 rings (SSSR count). The lowest BCUT2D eigenvalue weighted by Crippen LogP contribution is -2.20. The van der Waals surface area contributed by atoms with Gasteiger partial charge < -0.3 is 10.3 Å². The highest BCUT2D eigenvalue weighted by Crippen LogP contribution is 2.26. The molecule has 1 aliphatic rings. The molecule has 0 spiro atoms. The second-order valence-corrected chi connectivity index (χ2v) is 3.87. The summed E-state index contributed by atoms with van der Waals surface area (Å²) in [4.78, 5) is 15.0. The van der Waals surface area contributed by atoms with Gasteiger partial charge in [-0.05, 0) is 38.2 Å². The first-order chi connectivity index (χ1) is 6.74. The minimum absolute atomic E-state index is 0.0434. The van der Waals surface area contributed by atoms with Crippen LogP contribution >= 0.6 is 0 Å². The van der Waals surface area contributed by atoms with E-state index in [1.54, 1.807) is 7.05 Å². The normalized spacial score (nSPS) is 15.0. The zero-order chi connectivity index (χ0) is 10.1. The number of carbonyl (C=O) groups is 1. The fraction of sp³-hybridized carbons (Fsp3) is 0.545. The molecule has 1 aromatic heterocycles. The van der Waals surface area contributed by atoms with Crippen LogP contribution in [0.4, 0.5) is 0 Å². The number of H-pyrrole nitrogens is 1. The van der Waals surface area contributed by atoms with Gasteiger partial charge in [-0.15, -0.1) is 0 Å². The first-order valence-electron chi connectivity index (χ1n) is 5.16. The molecule has 0 aromatic carbocycles. The van der Waals surface area contributed by atoms with Gasteiger partial charge in [0.05, 0.1) is 5.56 Å². The maximum Gasteiger partial charge on any atom is 0.253 e. The van der Waals surface area contributed by atoms with E-state index < -0.39 is 0 Å². The quantitative estimate of drug-likeness (QED) is 0.697. The second-order valence-electron chi connectivity index (χ2n) is 3.87. The number of aromatic nitrogens is 1. The van der Waals surface area contributed by atoms with E-state index in [9.17, 15) is 4.79 Å². The van der Waals surface area contributed by atoms with Crippen LogP contribution in [0.5, 0.6) is 0 Å². The molecule has 1 aromatic rings. The van der Waals surface area contributed by atoms with Crippen molar-refractivity contribution in [1.29, 1.82) is 0 Å². The van der Waals surface area contributed by atoms with Crippen LogP contribution in [0.1, 0.15) is 40.2 Å². The molecule has 0 atom stereocenters. The summed E-state index contributed by atoms with van der Waals surface area (Å²) in [7, 11) is 1.68. The van der Waals surface area contributed by atoms with E-state index in [4.69, 9.17) is 0 Å². The van der Waals surface area contributed by atoms with Gasteiger partial charge in [-0.2, -0.15) is 0 Å². The summed E-state index contributed by atoms with van der Waals surface area (Å²) in [6, 6.07) is 0. The van der Waals surface area contributed by atoms with E-state index in [2.05, 4.69) is 10.3 Å². The Morgan fingerprint density at radius 2 is 2.07 bits per heavy atom. The van der Waals surface area contributed by atoms with Gasteiger partial charge >= 0.3 is 0 Å². The molecule has 1 amide bonds. The molecule has 0 radical (unpaired) electrons. The van der Waals surface area contributed by atoms with Gasteiger partial charge in [-0.1, -0.05) is 0 Å². The summed E-state index contributed by atoms with van der Waals surface area (Å²) in [5.41, 5.74) is 4.40. The SMILES string of the molecule is CNC(=O)c1c(C)[nH]c2c1CCCC2. The van der Waals surface area contributed by atoms with Crippen molar-refractivity contribution in [3.8, 4) is 0 Å². The molecule has 3 nitrogen and oxygen atoms in total. The van der Waals surface area contributed by atoms with Crippen LogP contribution < -0.4 is 5.32 Å². The van der Waals surface area contributed by atoms with Crippen molar-refractivity contribution in [3.63, 3.8) is 0 Å². The van der Waals surface area contributed by atoms with Crippen LogP contribution in [0.2, 0.25) is 0 Å². The smallest absolute Gasteiger partial charge is 0.253 e. The Balaban J connectivity index is 2.47. The standard InChI is InChI=1S/C11H16N2O/c1-7-10(11(14)12-2)8-5-3-4-6-9(8)13-7/h13H,3-6H2,1-2H3,(H,12,14). The number of fused-ring (bicyclic) bond motifs is 1. The van der Waals surface area contributed by atoms with Crippen LogP contribution in [-0.2, 0) is 12.8 Å². The highest BCUT2D eigenvalue weighted by atomic mass is 16.1. The van der Waals surface area contributed by atoms with Crippen LogP contribution in [0, 0.1) is 6.92 Å². The number of aromatic amines is 1. The van der Waals surface area contributed by atoms with Gasteiger partial charge in [-0.25, -0.2) is 0 Å². The number of carbonyl (C=O) groups excluding carboxylic acids is 1. The number of amides is 1. The average Bonchev–Trinajstić information content (AvgIpc) is 2.53. The molecule has 3 heteroatoms. The van der Waals surface area contributed by atoms with Crippen molar-refractivity contribution in [2.75, 3.05) is 7.05 Å². The van der Waals surface area contributed by atoms with Gasteiger partial charge in [0.15, 0.2) is 0 Å². The summed E-state index contributed by atoms with van der Waals surface area (Å²) in [5.74, 6) is 0.0434. The average molecular weight is 192 g/mol. The number of rotatable bonds is 1. The molecular weight excluding hydrogens is 176 g/mol. The van der Waals surface area contributed by atoms with Crippen LogP contribution in [-0.4, -0.2) is 17.9 Å². The monoisotopic (exact) mass is 192 g/mol. The first kappa shape index (κ1) is 9.31. The molecule has 2 N–H and O–H groups in total. The number of aryl methyl sites for hydroxylation is 2. The van der Waals surface area contributed by atoms with Crippen molar-refractivity contribution in [1.82, 2.24) is 10.3 Å². The lowest BCUT2D eigenvalue weighted by molar-refractivity contribution is 0.0961. The Morgan fingerprint density at radius 3 is 2.79 bits per heavy atom. The topological polar surface area (TPSA) is 44.9 Å². The first-order valence-corrected chi connectivity index (χ1v) is 5.16. The predicted molar refractivity (Wildman–Crippen MR) is 55.6 cm³/mol. The molecule has 0 fully saturated rings. The Morgan fingerprint density at radius 1 is 1.36 bits per heavy atom. The van der Waals surface area contributed by atoms with Crippen molar-refractivity contribution in [3.05, 3.63) is 22.5 Å². The fourth-order valence-electron chi connectivity index (χ4n) is 2.27. The van der Waals surface area contributed by atoms with Gasteiger partial charge in [0, 0.05) is 18.4 Å². The van der Waals surface area contributed by atoms with Crippen LogP contribution in [0.3, 0.4) is 0 Å². The minimum atomic E-state index is 0.0434. The van der Waals surface area contributed by atoms with E-state index in [-0.39, 0.29) is 5.91 Å². The molecule has 0 aliphatic heterocycles. The summed E-state index contributed by atoms with van der Waals surface area (Å²) in [6.45, 7) is 1.98. The lowest BCUT2D eigenvalue weighted by atomic mass is 9.94. The molecule has 0 unspecified atom stereocenters. The molecule has 1 heterocycles. The maximum absolute atomic E-state index is 11.6. The summed E-state index contributed by atoms with van der Waals surface area (Å²) < 4.78 is 0. The van der Waals surface area contributed by atoms with E-state index in [0.29, 0.717) is 0 Å². The second kappa shape index (κ2) is 3.48. The largest absolute Gasteiger partial charge is 0.362 e. The number of hydrogen-bond acceptors (Lipinski definition) is 1. The Hall–Kier alpha value is -1.25. The summed E-state index contributed by atoms with van der Waals surface area (Å²) in [5, 5.41) is 2.70. The van der Waals surface area contributed by atoms with E-state index in [0.717, 1.165) is 24.1 Å². The molecular formula is C11H16N2O. The summed E-state index contributed by atoms with van der Waals surface area (Å²) in [6.07, 6.45) is 4.57. The molecule has 0 saturated heterocycles. The zero-order valence-electron chi connectivity index (χ0n) is 8.74. The number of nitrogens with one attached hydrogen (secondary N) is 2. The summed E-state index contributed by atoms with van der Waals surface area (Å²) >= 11 is 0. The van der Waals surface area contributed by atoms with Crippen molar-refractivity contribution < 1.29 is 4.79 Å². The van der Waals surface area contributed by atoms with E-state index in [1.165, 1.54) is 24.1 Å². The van der Waals surface area contributed by atoms with Crippen molar-refractivity contribution >= 4 is 5.91 Å². The number of hydrogen-bond donors (Lipinski definition) is 2. The molecule has 0 saturated carbocycles. The predicted octanol–water partition coefficient (Wildman–Crippen LogP) is 1.56. The van der Waals surface area contributed by atoms with E-state index in [1.807, 2.05) is 6.92 Å². The van der Waals surface area contributed by atoms with Crippen LogP contribution in [0.25, 0.3) is 0 Å². The lowest BCUT2D eigenvalue weighted by Gasteiger charge is -2.11. The van der Waals surface area contributed by atoms with Crippen molar-refractivity contribution in [2.45, 2.75) is 32.6 Å².